The minimum Gasteiger partial charge on any atom is -0.508 e. The number of benzene rings is 2. The Balaban J connectivity index is 2.26. The lowest BCUT2D eigenvalue weighted by Crippen LogP contribution is -1.78. The van der Waals surface area contributed by atoms with Gasteiger partial charge >= 0.3 is 0 Å². The minimum absolute atomic E-state index is 0.254. The number of phenols is 1. The van der Waals surface area contributed by atoms with Gasteiger partial charge in [-0.15, -0.1) is 0 Å². The molecule has 0 atom stereocenters. The van der Waals surface area contributed by atoms with E-state index < -0.39 is 0 Å². The molecule has 3 nitrogen and oxygen atoms in total. The van der Waals surface area contributed by atoms with Crippen molar-refractivity contribution in [3.8, 4) is 17.0 Å². The van der Waals surface area contributed by atoms with Crippen molar-refractivity contribution in [2.24, 2.45) is 0 Å². The summed E-state index contributed by atoms with van der Waals surface area (Å²) >= 11 is 0. The number of hydrogen-bond acceptors (Lipinski definition) is 2. The van der Waals surface area contributed by atoms with E-state index in [1.54, 1.807) is 12.1 Å². The van der Waals surface area contributed by atoms with Crippen LogP contribution in [0.25, 0.3) is 22.2 Å². The molecule has 0 spiro atoms. The van der Waals surface area contributed by atoms with Crippen molar-refractivity contribution >= 4 is 10.9 Å². The van der Waals surface area contributed by atoms with Crippen molar-refractivity contribution in [1.29, 1.82) is 0 Å². The molecule has 0 aliphatic heterocycles. The first kappa shape index (κ1) is 8.97. The van der Waals surface area contributed by atoms with Gasteiger partial charge in [0.15, 0.2) is 0 Å². The highest BCUT2D eigenvalue weighted by Gasteiger charge is 2.07. The fourth-order valence-corrected chi connectivity index (χ4v) is 1.84. The van der Waals surface area contributed by atoms with Gasteiger partial charge in [-0.2, -0.15) is 5.10 Å². The Morgan fingerprint density at radius 3 is 2.75 bits per heavy atom. The zero-order valence-electron chi connectivity index (χ0n) is 8.51. The van der Waals surface area contributed by atoms with Crippen LogP contribution in [0.3, 0.4) is 0 Å². The Morgan fingerprint density at radius 2 is 1.88 bits per heavy atom. The molecular weight excluding hydrogens is 200 g/mol. The Kier molecular flexibility index (Phi) is 1.90. The van der Waals surface area contributed by atoms with Crippen LogP contribution in [-0.2, 0) is 0 Å². The number of fused-ring (bicyclic) bond motifs is 1. The van der Waals surface area contributed by atoms with Gasteiger partial charge < -0.3 is 5.11 Å². The number of H-pyrrole nitrogens is 1. The molecule has 0 fully saturated rings. The Labute approximate surface area is 92.4 Å². The molecule has 0 radical (unpaired) electrons. The maximum absolute atomic E-state index is 9.45. The van der Waals surface area contributed by atoms with Gasteiger partial charge in [-0.25, -0.2) is 0 Å². The van der Waals surface area contributed by atoms with E-state index in [9.17, 15) is 5.11 Å². The molecule has 0 saturated carbocycles. The Hall–Kier alpha value is -2.29. The van der Waals surface area contributed by atoms with Gasteiger partial charge in [-0.1, -0.05) is 30.3 Å². The first-order valence-electron chi connectivity index (χ1n) is 5.07. The molecule has 0 amide bonds. The summed E-state index contributed by atoms with van der Waals surface area (Å²) in [5.74, 6) is 0.254. The van der Waals surface area contributed by atoms with E-state index in [-0.39, 0.29) is 5.75 Å². The fourth-order valence-electron chi connectivity index (χ4n) is 1.84. The van der Waals surface area contributed by atoms with Gasteiger partial charge in [0, 0.05) is 10.9 Å². The van der Waals surface area contributed by atoms with E-state index in [4.69, 9.17) is 0 Å². The summed E-state index contributed by atoms with van der Waals surface area (Å²) in [5, 5.41) is 17.8. The molecule has 0 unspecified atom stereocenters. The Bertz CT molecular complexity index is 643. The molecule has 0 aliphatic carbocycles. The predicted molar refractivity (Wildman–Crippen MR) is 63.2 cm³/mol. The highest BCUT2D eigenvalue weighted by molar-refractivity contribution is 5.92. The van der Waals surface area contributed by atoms with Crippen LogP contribution < -0.4 is 0 Å². The lowest BCUT2D eigenvalue weighted by atomic mass is 10.1. The number of aromatic amines is 1. The minimum atomic E-state index is 0.254. The molecule has 2 N–H and O–H groups in total. The van der Waals surface area contributed by atoms with Crippen LogP contribution >= 0.6 is 0 Å². The largest absolute Gasteiger partial charge is 0.508 e. The second kappa shape index (κ2) is 3.38. The van der Waals surface area contributed by atoms with E-state index in [2.05, 4.69) is 10.2 Å². The summed E-state index contributed by atoms with van der Waals surface area (Å²) in [6.07, 6.45) is 0. The molecule has 0 bridgehead atoms. The fraction of sp³-hybridized carbons (Fsp3) is 0. The average Bonchev–Trinajstić information content (AvgIpc) is 2.72. The lowest BCUT2D eigenvalue weighted by Gasteiger charge is -1.98. The van der Waals surface area contributed by atoms with Gasteiger partial charge in [0.2, 0.25) is 0 Å². The molecular formula is C13H10N2O. The monoisotopic (exact) mass is 210 g/mol. The smallest absolute Gasteiger partial charge is 0.116 e. The zero-order valence-corrected chi connectivity index (χ0v) is 8.51. The molecule has 3 aromatic rings. The number of hydrogen-bond donors (Lipinski definition) is 2. The summed E-state index contributed by atoms with van der Waals surface area (Å²) in [6.45, 7) is 0. The molecule has 78 valence electrons. The molecule has 3 heteroatoms. The van der Waals surface area contributed by atoms with Crippen LogP contribution in [0.15, 0.2) is 48.5 Å². The second-order valence-corrected chi connectivity index (χ2v) is 3.67. The topological polar surface area (TPSA) is 48.9 Å². The van der Waals surface area contributed by atoms with Crippen LogP contribution in [0.4, 0.5) is 0 Å². The second-order valence-electron chi connectivity index (χ2n) is 3.67. The molecule has 0 aliphatic rings. The van der Waals surface area contributed by atoms with E-state index in [0.717, 1.165) is 22.2 Å². The number of rotatable bonds is 1. The number of aromatic hydroxyl groups is 1. The number of phenolic OH excluding ortho intramolecular Hbond substituents is 1. The molecule has 2 aromatic carbocycles. The third-order valence-corrected chi connectivity index (χ3v) is 2.59. The van der Waals surface area contributed by atoms with Gasteiger partial charge in [0.25, 0.3) is 0 Å². The first-order chi connectivity index (χ1) is 7.84. The van der Waals surface area contributed by atoms with Crippen LogP contribution in [0, 0.1) is 0 Å². The highest BCUT2D eigenvalue weighted by atomic mass is 16.3. The van der Waals surface area contributed by atoms with Gasteiger partial charge in [0.1, 0.15) is 11.4 Å². The third-order valence-electron chi connectivity index (χ3n) is 2.59. The maximum atomic E-state index is 9.45. The van der Waals surface area contributed by atoms with Crippen molar-refractivity contribution < 1.29 is 5.11 Å². The van der Waals surface area contributed by atoms with Gasteiger partial charge in [-0.3, -0.25) is 5.10 Å². The van der Waals surface area contributed by atoms with Crippen LogP contribution in [0.2, 0.25) is 0 Å². The van der Waals surface area contributed by atoms with E-state index in [0.29, 0.717) is 0 Å². The average molecular weight is 210 g/mol. The van der Waals surface area contributed by atoms with Gasteiger partial charge in [0.05, 0.1) is 5.52 Å². The zero-order chi connectivity index (χ0) is 11.0. The van der Waals surface area contributed by atoms with Crippen LogP contribution in [-0.4, -0.2) is 15.3 Å². The summed E-state index contributed by atoms with van der Waals surface area (Å²) < 4.78 is 0. The standard InChI is InChI=1S/C13H10N2O/c16-10-5-3-4-9(8-10)13-11-6-1-2-7-12(11)14-15-13/h1-8,16H,(H,14,15). The summed E-state index contributed by atoms with van der Waals surface area (Å²) in [7, 11) is 0. The number of nitrogens with one attached hydrogen (secondary N) is 1. The molecule has 1 aromatic heterocycles. The maximum Gasteiger partial charge on any atom is 0.116 e. The number of para-hydroxylation sites is 1. The lowest BCUT2D eigenvalue weighted by molar-refractivity contribution is 0.475. The summed E-state index contributed by atoms with van der Waals surface area (Å²) in [4.78, 5) is 0. The quantitative estimate of drug-likeness (QED) is 0.648. The predicted octanol–water partition coefficient (Wildman–Crippen LogP) is 2.94. The first-order valence-corrected chi connectivity index (χ1v) is 5.07. The normalized spacial score (nSPS) is 10.8. The Morgan fingerprint density at radius 1 is 1.00 bits per heavy atom. The molecule has 1 heterocycles. The summed E-state index contributed by atoms with van der Waals surface area (Å²) in [5.41, 5.74) is 2.78. The van der Waals surface area contributed by atoms with Crippen LogP contribution in [0.1, 0.15) is 0 Å². The van der Waals surface area contributed by atoms with Crippen molar-refractivity contribution in [3.05, 3.63) is 48.5 Å². The van der Waals surface area contributed by atoms with E-state index in [1.807, 2.05) is 36.4 Å². The SMILES string of the molecule is Oc1cccc(-c2n[nH]c3ccccc23)c1. The van der Waals surface area contributed by atoms with Gasteiger partial charge in [-0.05, 0) is 18.2 Å². The number of aromatic nitrogens is 2. The van der Waals surface area contributed by atoms with E-state index in [1.165, 1.54) is 0 Å². The third kappa shape index (κ3) is 1.34. The number of nitrogens with zero attached hydrogens (tertiary/aromatic N) is 1. The molecule has 0 saturated heterocycles. The van der Waals surface area contributed by atoms with Crippen molar-refractivity contribution in [2.75, 3.05) is 0 Å². The van der Waals surface area contributed by atoms with Crippen LogP contribution in [0.5, 0.6) is 5.75 Å². The molecule has 16 heavy (non-hydrogen) atoms. The van der Waals surface area contributed by atoms with Crippen molar-refractivity contribution in [3.63, 3.8) is 0 Å². The summed E-state index contributed by atoms with van der Waals surface area (Å²) in [6, 6.07) is 15.0. The van der Waals surface area contributed by atoms with Crippen molar-refractivity contribution in [1.82, 2.24) is 10.2 Å². The molecule has 3 rings (SSSR count). The van der Waals surface area contributed by atoms with E-state index >= 15 is 0 Å². The van der Waals surface area contributed by atoms with Crippen molar-refractivity contribution in [2.45, 2.75) is 0 Å². The highest BCUT2D eigenvalue weighted by Crippen LogP contribution is 2.27.